The van der Waals surface area contributed by atoms with Gasteiger partial charge in [0.05, 0.1) is 6.10 Å². The van der Waals surface area contributed by atoms with Crippen LogP contribution < -0.4 is 15.2 Å². The summed E-state index contributed by atoms with van der Waals surface area (Å²) in [5.74, 6) is 2.06. The fourth-order valence-corrected chi connectivity index (χ4v) is 2.48. The van der Waals surface area contributed by atoms with Crippen LogP contribution in [0, 0.1) is 5.92 Å². The highest BCUT2D eigenvalue weighted by Gasteiger charge is 2.29. The molecule has 0 saturated carbocycles. The number of hydrogen-bond acceptors (Lipinski definition) is 4. The monoisotopic (exact) mass is 235 g/mol. The van der Waals surface area contributed by atoms with Crippen molar-refractivity contribution in [3.05, 3.63) is 23.8 Å². The summed E-state index contributed by atoms with van der Waals surface area (Å²) in [7, 11) is 0. The molecular formula is C13H17NO3. The molecule has 3 rings (SSSR count). The van der Waals surface area contributed by atoms with Gasteiger partial charge in [0.2, 0.25) is 0 Å². The standard InChI is InChI=1S/C13H17NO3/c14-8-10-3-4-17-13(10)9-1-2-11-12(7-9)16-6-5-15-11/h1-2,7,10,13H,3-6,8,14H2. The Bertz CT molecular complexity index is 408. The Kier molecular flexibility index (Phi) is 2.91. The van der Waals surface area contributed by atoms with Crippen molar-refractivity contribution in [1.29, 1.82) is 0 Å². The molecule has 2 heterocycles. The van der Waals surface area contributed by atoms with Crippen LogP contribution in [0.25, 0.3) is 0 Å². The first-order chi connectivity index (χ1) is 8.38. The lowest BCUT2D eigenvalue weighted by atomic mass is 9.95. The van der Waals surface area contributed by atoms with E-state index in [9.17, 15) is 0 Å². The Balaban J connectivity index is 1.88. The van der Waals surface area contributed by atoms with E-state index >= 15 is 0 Å². The first kappa shape index (κ1) is 10.9. The maximum absolute atomic E-state index is 5.76. The molecule has 1 aromatic rings. The number of hydrogen-bond donors (Lipinski definition) is 1. The molecule has 1 aromatic carbocycles. The van der Waals surface area contributed by atoms with E-state index in [2.05, 4.69) is 0 Å². The van der Waals surface area contributed by atoms with Crippen LogP contribution in [0.15, 0.2) is 18.2 Å². The zero-order valence-corrected chi connectivity index (χ0v) is 9.72. The summed E-state index contributed by atoms with van der Waals surface area (Å²) in [6.07, 6.45) is 1.14. The van der Waals surface area contributed by atoms with Crippen molar-refractivity contribution in [3.8, 4) is 11.5 Å². The van der Waals surface area contributed by atoms with Crippen molar-refractivity contribution in [1.82, 2.24) is 0 Å². The van der Waals surface area contributed by atoms with Crippen LogP contribution in [-0.2, 0) is 4.74 Å². The molecule has 2 unspecified atom stereocenters. The van der Waals surface area contributed by atoms with Crippen molar-refractivity contribution in [3.63, 3.8) is 0 Å². The Morgan fingerprint density at radius 2 is 1.94 bits per heavy atom. The van der Waals surface area contributed by atoms with Crippen LogP contribution >= 0.6 is 0 Å². The minimum Gasteiger partial charge on any atom is -0.486 e. The van der Waals surface area contributed by atoms with E-state index < -0.39 is 0 Å². The first-order valence-corrected chi connectivity index (χ1v) is 6.09. The number of nitrogens with two attached hydrogens (primary N) is 1. The number of fused-ring (bicyclic) bond motifs is 1. The van der Waals surface area contributed by atoms with Gasteiger partial charge in [-0.2, -0.15) is 0 Å². The van der Waals surface area contributed by atoms with Crippen LogP contribution in [-0.4, -0.2) is 26.4 Å². The Morgan fingerprint density at radius 3 is 2.76 bits per heavy atom. The van der Waals surface area contributed by atoms with Gasteiger partial charge in [0.1, 0.15) is 13.2 Å². The van der Waals surface area contributed by atoms with E-state index in [1.165, 1.54) is 0 Å². The molecule has 1 saturated heterocycles. The third kappa shape index (κ3) is 1.98. The summed E-state index contributed by atoms with van der Waals surface area (Å²) in [5, 5.41) is 0. The minimum absolute atomic E-state index is 0.107. The Morgan fingerprint density at radius 1 is 1.12 bits per heavy atom. The SMILES string of the molecule is NCC1CCOC1c1ccc2c(c1)OCCO2. The number of ether oxygens (including phenoxy) is 3. The largest absolute Gasteiger partial charge is 0.486 e. The average molecular weight is 235 g/mol. The Labute approximate surface area is 101 Å². The third-order valence-electron chi connectivity index (χ3n) is 3.41. The lowest BCUT2D eigenvalue weighted by Gasteiger charge is -2.22. The van der Waals surface area contributed by atoms with Crippen molar-refractivity contribution in [2.24, 2.45) is 11.7 Å². The molecule has 2 N–H and O–H groups in total. The minimum atomic E-state index is 0.107. The van der Waals surface area contributed by atoms with E-state index in [1.54, 1.807) is 0 Å². The molecule has 2 atom stereocenters. The van der Waals surface area contributed by atoms with E-state index in [0.717, 1.165) is 30.1 Å². The van der Waals surface area contributed by atoms with Gasteiger partial charge in [-0.15, -0.1) is 0 Å². The molecule has 92 valence electrons. The third-order valence-corrected chi connectivity index (χ3v) is 3.41. The van der Waals surface area contributed by atoms with E-state index in [-0.39, 0.29) is 6.10 Å². The van der Waals surface area contributed by atoms with Gasteiger partial charge >= 0.3 is 0 Å². The molecule has 4 nitrogen and oxygen atoms in total. The first-order valence-electron chi connectivity index (χ1n) is 6.09. The molecule has 0 radical (unpaired) electrons. The average Bonchev–Trinajstić information content (AvgIpc) is 2.86. The second-order valence-electron chi connectivity index (χ2n) is 4.48. The highest BCUT2D eigenvalue weighted by Crippen LogP contribution is 2.38. The molecular weight excluding hydrogens is 218 g/mol. The van der Waals surface area contributed by atoms with E-state index in [4.69, 9.17) is 19.9 Å². The van der Waals surface area contributed by atoms with Crippen molar-refractivity contribution >= 4 is 0 Å². The number of rotatable bonds is 2. The molecule has 0 aliphatic carbocycles. The van der Waals surface area contributed by atoms with Gasteiger partial charge in [-0.05, 0) is 30.7 Å². The second kappa shape index (κ2) is 4.55. The molecule has 0 aromatic heterocycles. The zero-order valence-electron chi connectivity index (χ0n) is 9.72. The normalized spacial score (nSPS) is 27.1. The predicted molar refractivity (Wildman–Crippen MR) is 63.3 cm³/mol. The van der Waals surface area contributed by atoms with Crippen LogP contribution in [0.5, 0.6) is 11.5 Å². The summed E-state index contributed by atoms with van der Waals surface area (Å²) in [4.78, 5) is 0. The zero-order chi connectivity index (χ0) is 11.7. The van der Waals surface area contributed by atoms with Gasteiger partial charge in [-0.25, -0.2) is 0 Å². The summed E-state index contributed by atoms with van der Waals surface area (Å²) < 4.78 is 16.8. The fourth-order valence-electron chi connectivity index (χ4n) is 2.48. The number of benzene rings is 1. The van der Waals surface area contributed by atoms with Gasteiger partial charge in [0, 0.05) is 12.5 Å². The molecule has 2 aliphatic rings. The van der Waals surface area contributed by atoms with Crippen molar-refractivity contribution < 1.29 is 14.2 Å². The maximum atomic E-state index is 5.76. The van der Waals surface area contributed by atoms with Gasteiger partial charge < -0.3 is 19.9 Å². The van der Waals surface area contributed by atoms with E-state index in [1.807, 2.05) is 18.2 Å². The fraction of sp³-hybridized carbons (Fsp3) is 0.538. The predicted octanol–water partition coefficient (Wildman–Crippen LogP) is 1.49. The quantitative estimate of drug-likeness (QED) is 0.844. The van der Waals surface area contributed by atoms with Crippen LogP contribution in [0.4, 0.5) is 0 Å². The highest BCUT2D eigenvalue weighted by molar-refractivity contribution is 5.44. The Hall–Kier alpha value is -1.26. The van der Waals surface area contributed by atoms with Crippen molar-refractivity contribution in [2.45, 2.75) is 12.5 Å². The molecule has 0 amide bonds. The summed E-state index contributed by atoms with van der Waals surface area (Å²) >= 11 is 0. The second-order valence-corrected chi connectivity index (χ2v) is 4.48. The summed E-state index contributed by atoms with van der Waals surface area (Å²) in [5.41, 5.74) is 6.90. The van der Waals surface area contributed by atoms with Gasteiger partial charge in [-0.1, -0.05) is 6.07 Å². The topological polar surface area (TPSA) is 53.7 Å². The molecule has 17 heavy (non-hydrogen) atoms. The van der Waals surface area contributed by atoms with Gasteiger partial charge in [-0.3, -0.25) is 0 Å². The molecule has 0 bridgehead atoms. The van der Waals surface area contributed by atoms with Crippen LogP contribution in [0.3, 0.4) is 0 Å². The van der Waals surface area contributed by atoms with Crippen LogP contribution in [0.1, 0.15) is 18.1 Å². The van der Waals surface area contributed by atoms with E-state index in [0.29, 0.717) is 25.7 Å². The molecule has 2 aliphatic heterocycles. The van der Waals surface area contributed by atoms with Gasteiger partial charge in [0.25, 0.3) is 0 Å². The smallest absolute Gasteiger partial charge is 0.161 e. The lowest BCUT2D eigenvalue weighted by Crippen LogP contribution is -2.19. The van der Waals surface area contributed by atoms with Crippen molar-refractivity contribution in [2.75, 3.05) is 26.4 Å². The lowest BCUT2D eigenvalue weighted by molar-refractivity contribution is 0.0916. The van der Waals surface area contributed by atoms with Gasteiger partial charge in [0.15, 0.2) is 11.5 Å². The molecule has 1 fully saturated rings. The highest BCUT2D eigenvalue weighted by atomic mass is 16.6. The molecule has 0 spiro atoms. The maximum Gasteiger partial charge on any atom is 0.161 e. The molecule has 4 heteroatoms. The summed E-state index contributed by atoms with van der Waals surface area (Å²) in [6.45, 7) is 2.69. The summed E-state index contributed by atoms with van der Waals surface area (Å²) in [6, 6.07) is 6.03. The van der Waals surface area contributed by atoms with Crippen LogP contribution in [0.2, 0.25) is 0 Å².